The zero-order chi connectivity index (χ0) is 46.3. The molecule has 3 fully saturated rings. The number of aryl methyl sites for hydroxylation is 2. The number of hydrogen-bond acceptors (Lipinski definition) is 10. The lowest BCUT2D eigenvalue weighted by Crippen LogP contribution is -2.53. The number of hydrazine groups is 1. The maximum atomic E-state index is 15.5. The lowest BCUT2D eigenvalue weighted by atomic mass is 9.49. The predicted molar refractivity (Wildman–Crippen MR) is 238 cm³/mol. The van der Waals surface area contributed by atoms with E-state index in [4.69, 9.17) is 23.2 Å². The lowest BCUT2D eigenvalue weighted by molar-refractivity contribution is -0.139. The van der Waals surface area contributed by atoms with Crippen molar-refractivity contribution < 1.29 is 37.5 Å². The molecule has 1 saturated carbocycles. The van der Waals surface area contributed by atoms with E-state index in [0.717, 1.165) is 10.7 Å². The molecule has 3 heterocycles. The number of phenolic OH excluding ortho intramolecular Hbond substituents is 1. The monoisotopic (exact) mass is 921 g/mol. The number of alkyl halides is 3. The molecule has 1 aromatic heterocycles. The van der Waals surface area contributed by atoms with Gasteiger partial charge in [0.05, 0.1) is 50.8 Å². The fourth-order valence-corrected chi connectivity index (χ4v) is 10.5. The number of halogens is 5. The zero-order valence-electron chi connectivity index (χ0n) is 35.3. The number of nitrogens with one attached hydrogen (secondary N) is 1. The summed E-state index contributed by atoms with van der Waals surface area (Å²) in [6.45, 7) is 3.42. The van der Waals surface area contributed by atoms with Crippen LogP contribution in [0.3, 0.4) is 0 Å². The van der Waals surface area contributed by atoms with Crippen molar-refractivity contribution in [2.24, 2.45) is 33.9 Å². The number of rotatable bonds is 8. The molecular weight excluding hydrogens is 882 g/mol. The van der Waals surface area contributed by atoms with E-state index in [0.29, 0.717) is 62.2 Å². The second-order valence-electron chi connectivity index (χ2n) is 17.1. The molecule has 6 atom stereocenters. The highest BCUT2D eigenvalue weighted by molar-refractivity contribution is 6.33. The molecule has 6 unspecified atom stereocenters. The van der Waals surface area contributed by atoms with E-state index in [1.165, 1.54) is 4.90 Å². The maximum Gasteiger partial charge on any atom is 0.417 e. The Kier molecular flexibility index (Phi) is 10.8. The maximum absolute atomic E-state index is 15.5. The average molecular weight is 923 g/mol. The van der Waals surface area contributed by atoms with E-state index >= 15 is 9.59 Å². The van der Waals surface area contributed by atoms with Gasteiger partial charge in [-0.05, 0) is 122 Å². The normalized spacial score (nSPS) is 24.0. The number of allylic oxidation sites excluding steroid dienone is 2. The second kappa shape index (κ2) is 16.1. The van der Waals surface area contributed by atoms with E-state index in [1.54, 1.807) is 74.5 Å². The number of hydrogen-bond donors (Lipinski definition) is 2. The number of nitrogens with zero attached hydrogens (tertiary/aromatic N) is 6. The van der Waals surface area contributed by atoms with Crippen LogP contribution in [0.5, 0.6) is 5.75 Å². The number of azo groups is 1. The first-order chi connectivity index (χ1) is 30.9. The van der Waals surface area contributed by atoms with Crippen LogP contribution in [0.25, 0.3) is 0 Å². The molecule has 2 aliphatic carbocycles. The van der Waals surface area contributed by atoms with Crippen molar-refractivity contribution in [3.05, 3.63) is 147 Å². The van der Waals surface area contributed by atoms with Gasteiger partial charge in [-0.15, -0.1) is 0 Å². The molecule has 17 heteroatoms. The summed E-state index contributed by atoms with van der Waals surface area (Å²) in [5, 5.41) is 20.2. The van der Waals surface area contributed by atoms with Crippen LogP contribution in [-0.4, -0.2) is 52.8 Å². The summed E-state index contributed by atoms with van der Waals surface area (Å²) in [5.74, 6) is -7.28. The largest absolute Gasteiger partial charge is 0.507 e. The molecule has 0 spiro atoms. The lowest BCUT2D eigenvalue weighted by Gasteiger charge is -2.50. The zero-order valence-corrected chi connectivity index (χ0v) is 36.8. The van der Waals surface area contributed by atoms with Crippen molar-refractivity contribution in [2.75, 3.05) is 29.3 Å². The Labute approximate surface area is 381 Å². The van der Waals surface area contributed by atoms with Gasteiger partial charge < -0.3 is 10.0 Å². The Bertz CT molecular complexity index is 2830. The first-order valence-corrected chi connectivity index (χ1v) is 21.5. The van der Waals surface area contributed by atoms with E-state index in [9.17, 15) is 27.9 Å². The fraction of sp³-hybridized carbons (Fsp3) is 0.271. The number of benzene rings is 4. The Balaban J connectivity index is 1.12. The highest BCUT2D eigenvalue weighted by Gasteiger charge is 2.70. The van der Waals surface area contributed by atoms with Crippen LogP contribution >= 0.6 is 23.2 Å². The Morgan fingerprint density at radius 3 is 2.03 bits per heavy atom. The van der Waals surface area contributed by atoms with Crippen molar-refractivity contribution in [2.45, 2.75) is 44.2 Å². The standard InChI is InChI=1S/C48H40Cl2F3N7O5/c1-24-19-26(20-25(2)41(24)61)40-34-17-18-35-39(45(64)59(43(35)62)33-15-11-31(12-16-33)56-55-30-9-13-32(14-10-30)58(3)4)36(34)22-37-44(63)60(46(65)47(37,40)27-5-7-29(49)8-6-27)57-42-38(50)21-28(23-54-42)48(51,52)53/h5-17,19-21,23,35-37,39-40,61H,18,22H2,1-4H3,(H,54,57). The number of carbonyl (C=O) groups excluding carboxylic acids is 4. The molecule has 332 valence electrons. The Morgan fingerprint density at radius 1 is 0.831 bits per heavy atom. The number of aromatic hydroxyl groups is 1. The van der Waals surface area contributed by atoms with E-state index in [1.807, 2.05) is 49.3 Å². The van der Waals surface area contributed by atoms with Gasteiger partial charge in [-0.3, -0.25) is 29.5 Å². The molecule has 2 aliphatic heterocycles. The topological polar surface area (TPSA) is 148 Å². The summed E-state index contributed by atoms with van der Waals surface area (Å²) in [7, 11) is 3.88. The van der Waals surface area contributed by atoms with Crippen LogP contribution in [0.4, 0.5) is 41.7 Å². The van der Waals surface area contributed by atoms with Crippen molar-refractivity contribution in [3.63, 3.8) is 0 Å². The molecule has 9 rings (SSSR count). The molecule has 4 aliphatic rings. The SMILES string of the molecule is Cc1cc(C2C3=CCC4C(=O)N(c5ccc(N=Nc6ccc(N(C)C)cc6)cc5)C(=O)C4C3CC3C(=O)N(Nc4ncc(C(F)(F)F)cc4Cl)C(=O)C32c2ccc(Cl)cc2)cc(C)c1O. The highest BCUT2D eigenvalue weighted by Crippen LogP contribution is 2.64. The molecule has 12 nitrogen and oxygen atoms in total. The summed E-state index contributed by atoms with van der Waals surface area (Å²) < 4.78 is 40.8. The van der Waals surface area contributed by atoms with Gasteiger partial charge in [-0.25, -0.2) is 4.98 Å². The first kappa shape index (κ1) is 43.7. The van der Waals surface area contributed by atoms with Gasteiger partial charge in [-0.2, -0.15) is 28.4 Å². The molecule has 0 radical (unpaired) electrons. The number of aromatic nitrogens is 1. The molecule has 5 aromatic rings. The number of pyridine rings is 1. The number of fused-ring (bicyclic) bond motifs is 4. The van der Waals surface area contributed by atoms with Crippen LogP contribution < -0.4 is 15.2 Å². The van der Waals surface area contributed by atoms with Crippen LogP contribution in [0.1, 0.15) is 46.6 Å². The van der Waals surface area contributed by atoms with Gasteiger partial charge in [-0.1, -0.05) is 59.1 Å². The highest BCUT2D eigenvalue weighted by atomic mass is 35.5. The van der Waals surface area contributed by atoms with Crippen LogP contribution in [0.2, 0.25) is 10.0 Å². The quantitative estimate of drug-likeness (QED) is 0.0888. The van der Waals surface area contributed by atoms with Crippen LogP contribution in [0.15, 0.2) is 119 Å². The fourth-order valence-electron chi connectivity index (χ4n) is 10.2. The van der Waals surface area contributed by atoms with Gasteiger partial charge in [0.1, 0.15) is 5.75 Å². The van der Waals surface area contributed by atoms with Crippen molar-refractivity contribution in [3.8, 4) is 5.75 Å². The van der Waals surface area contributed by atoms with Crippen LogP contribution in [-0.2, 0) is 30.8 Å². The Hall–Kier alpha value is -6.58. The third-order valence-corrected chi connectivity index (χ3v) is 13.7. The number of anilines is 3. The molecule has 2 saturated heterocycles. The minimum Gasteiger partial charge on any atom is -0.507 e. The third-order valence-electron chi connectivity index (χ3n) is 13.2. The summed E-state index contributed by atoms with van der Waals surface area (Å²) in [6.07, 6.45) is -2.22. The van der Waals surface area contributed by atoms with Crippen LogP contribution in [0, 0.1) is 37.5 Å². The van der Waals surface area contributed by atoms with E-state index < -0.39 is 75.4 Å². The Morgan fingerprint density at radius 2 is 1.45 bits per heavy atom. The molecule has 65 heavy (non-hydrogen) atoms. The van der Waals surface area contributed by atoms with Gasteiger partial charge >= 0.3 is 6.18 Å². The number of imide groups is 2. The minimum atomic E-state index is -4.76. The van der Waals surface area contributed by atoms with E-state index in [2.05, 4.69) is 20.6 Å². The van der Waals surface area contributed by atoms with Gasteiger partial charge in [0.15, 0.2) is 5.82 Å². The molecule has 2 N–H and O–H groups in total. The third kappa shape index (κ3) is 7.21. The van der Waals surface area contributed by atoms with Gasteiger partial charge in [0.25, 0.3) is 11.8 Å². The summed E-state index contributed by atoms with van der Waals surface area (Å²) >= 11 is 12.7. The summed E-state index contributed by atoms with van der Waals surface area (Å²) in [6, 6.07) is 24.7. The number of amides is 4. The van der Waals surface area contributed by atoms with E-state index in [-0.39, 0.29) is 24.4 Å². The van der Waals surface area contributed by atoms with Crippen molar-refractivity contribution in [1.29, 1.82) is 0 Å². The average Bonchev–Trinajstić information content (AvgIpc) is 3.65. The molecule has 0 bridgehead atoms. The smallest absolute Gasteiger partial charge is 0.417 e. The van der Waals surface area contributed by atoms with Gasteiger partial charge in [0, 0.05) is 36.9 Å². The number of carbonyl (C=O) groups is 4. The van der Waals surface area contributed by atoms with Crippen molar-refractivity contribution >= 4 is 75.4 Å². The second-order valence-corrected chi connectivity index (χ2v) is 17.9. The first-order valence-electron chi connectivity index (χ1n) is 20.7. The molecule has 4 amide bonds. The molecule has 4 aromatic carbocycles. The van der Waals surface area contributed by atoms with Crippen molar-refractivity contribution in [1.82, 2.24) is 9.99 Å². The summed E-state index contributed by atoms with van der Waals surface area (Å²) in [5.41, 5.74) is 4.89. The summed E-state index contributed by atoms with van der Waals surface area (Å²) in [4.78, 5) is 66.8. The van der Waals surface area contributed by atoms with Gasteiger partial charge in [0.2, 0.25) is 11.8 Å². The number of phenols is 1. The minimum absolute atomic E-state index is 0.0365. The predicted octanol–water partition coefficient (Wildman–Crippen LogP) is 10.4. The molecular formula is C48H40Cl2F3N7O5.